The van der Waals surface area contributed by atoms with Crippen molar-refractivity contribution in [3.8, 4) is 0 Å². The van der Waals surface area contributed by atoms with Gasteiger partial charge in [0.15, 0.2) is 0 Å². The van der Waals surface area contributed by atoms with Crippen LogP contribution in [-0.2, 0) is 11.2 Å². The molecule has 5 nitrogen and oxygen atoms in total. The van der Waals surface area contributed by atoms with Crippen LogP contribution in [0.15, 0.2) is 42.5 Å². The number of carbonyl (C=O) groups excluding carboxylic acids is 2. The van der Waals surface area contributed by atoms with Gasteiger partial charge in [-0.05, 0) is 73.4 Å². The first-order valence-corrected chi connectivity index (χ1v) is 12.2. The first-order valence-electron chi connectivity index (χ1n) is 11.8. The van der Waals surface area contributed by atoms with Gasteiger partial charge < -0.3 is 15.0 Å². The molecule has 1 amide bonds. The fourth-order valence-corrected chi connectivity index (χ4v) is 4.56. The van der Waals surface area contributed by atoms with E-state index in [1.807, 2.05) is 24.3 Å². The molecule has 1 aliphatic rings. The molecule has 1 saturated heterocycles. The van der Waals surface area contributed by atoms with Crippen LogP contribution >= 0.6 is 11.6 Å². The van der Waals surface area contributed by atoms with Gasteiger partial charge in [0.05, 0.1) is 17.7 Å². The molecule has 2 aromatic carbocycles. The van der Waals surface area contributed by atoms with Crippen LogP contribution in [0.2, 0.25) is 5.02 Å². The summed E-state index contributed by atoms with van der Waals surface area (Å²) in [6, 6.07) is 12.9. The van der Waals surface area contributed by atoms with E-state index < -0.39 is 0 Å². The van der Waals surface area contributed by atoms with Gasteiger partial charge in [-0.1, -0.05) is 44.5 Å². The molecule has 3 rings (SSSR count). The van der Waals surface area contributed by atoms with Gasteiger partial charge in [-0.25, -0.2) is 4.79 Å². The lowest BCUT2D eigenvalue weighted by atomic mass is 9.75. The number of hydrogen-bond acceptors (Lipinski definition) is 4. The van der Waals surface area contributed by atoms with Gasteiger partial charge in [0, 0.05) is 30.3 Å². The minimum Gasteiger partial charge on any atom is -0.462 e. The molecule has 0 aliphatic carbocycles. The van der Waals surface area contributed by atoms with Crippen molar-refractivity contribution in [3.63, 3.8) is 0 Å². The van der Waals surface area contributed by atoms with E-state index in [4.69, 9.17) is 16.3 Å². The van der Waals surface area contributed by atoms with Crippen LogP contribution < -0.4 is 10.2 Å². The average Bonchev–Trinajstić information content (AvgIpc) is 2.79. The van der Waals surface area contributed by atoms with Gasteiger partial charge in [0.25, 0.3) is 5.91 Å². The number of anilines is 1. The predicted octanol–water partition coefficient (Wildman–Crippen LogP) is 5.75. The lowest BCUT2D eigenvalue weighted by molar-refractivity contribution is 0.0526. The van der Waals surface area contributed by atoms with E-state index in [1.54, 1.807) is 25.1 Å². The number of rotatable bonds is 7. The molecule has 1 heterocycles. The highest BCUT2D eigenvalue weighted by Crippen LogP contribution is 2.36. The van der Waals surface area contributed by atoms with Crippen molar-refractivity contribution in [1.82, 2.24) is 5.32 Å². The fourth-order valence-electron chi connectivity index (χ4n) is 4.39. The molecule has 0 spiro atoms. The summed E-state index contributed by atoms with van der Waals surface area (Å²) < 4.78 is 5.01. The number of hydrogen-bond donors (Lipinski definition) is 1. The normalized spacial score (nSPS) is 14.8. The van der Waals surface area contributed by atoms with E-state index in [9.17, 15) is 9.59 Å². The third kappa shape index (κ3) is 6.73. The molecule has 6 heteroatoms. The van der Waals surface area contributed by atoms with Gasteiger partial charge >= 0.3 is 5.97 Å². The molecular formula is C27H35ClN2O3. The number of ether oxygens (including phenoxy) is 1. The smallest absolute Gasteiger partial charge is 0.338 e. The van der Waals surface area contributed by atoms with Gasteiger partial charge in [0.1, 0.15) is 0 Å². The quantitative estimate of drug-likeness (QED) is 0.523. The highest BCUT2D eigenvalue weighted by molar-refractivity contribution is 6.31. The minimum atomic E-state index is -0.322. The molecule has 1 N–H and O–H groups in total. The van der Waals surface area contributed by atoms with Crippen LogP contribution in [0.25, 0.3) is 0 Å². The Hall–Kier alpha value is -2.53. The van der Waals surface area contributed by atoms with Crippen molar-refractivity contribution in [2.24, 2.45) is 11.3 Å². The third-order valence-electron chi connectivity index (χ3n) is 6.43. The molecule has 0 saturated carbocycles. The average molecular weight is 471 g/mol. The van der Waals surface area contributed by atoms with Crippen LogP contribution in [0.1, 0.15) is 66.8 Å². The zero-order valence-electron chi connectivity index (χ0n) is 20.1. The molecule has 0 atom stereocenters. The Bertz CT molecular complexity index is 958. The number of amides is 1. The van der Waals surface area contributed by atoms with Crippen molar-refractivity contribution in [2.45, 2.75) is 47.0 Å². The van der Waals surface area contributed by atoms with Crippen molar-refractivity contribution >= 4 is 29.2 Å². The number of esters is 1. The van der Waals surface area contributed by atoms with E-state index >= 15 is 0 Å². The van der Waals surface area contributed by atoms with Gasteiger partial charge in [-0.15, -0.1) is 0 Å². The third-order valence-corrected chi connectivity index (χ3v) is 6.66. The van der Waals surface area contributed by atoms with Crippen LogP contribution in [0, 0.1) is 11.3 Å². The molecule has 1 fully saturated rings. The summed E-state index contributed by atoms with van der Waals surface area (Å²) in [4.78, 5) is 27.1. The van der Waals surface area contributed by atoms with Crippen LogP contribution in [0.4, 0.5) is 5.69 Å². The monoisotopic (exact) mass is 470 g/mol. The lowest BCUT2D eigenvalue weighted by Crippen LogP contribution is -2.39. The second-order valence-corrected chi connectivity index (χ2v) is 10.1. The summed E-state index contributed by atoms with van der Waals surface area (Å²) in [5.41, 5.74) is 3.45. The Morgan fingerprint density at radius 1 is 1.09 bits per heavy atom. The van der Waals surface area contributed by atoms with Gasteiger partial charge in [-0.2, -0.15) is 0 Å². The maximum absolute atomic E-state index is 13.0. The SMILES string of the molecule is CCOC(=O)c1ccc(CCNC(=O)c2cc(Cl)ccc2N2CCC(C(C)(C)C)CC2)cc1. The summed E-state index contributed by atoms with van der Waals surface area (Å²) in [7, 11) is 0. The Labute approximate surface area is 202 Å². The lowest BCUT2D eigenvalue weighted by Gasteiger charge is -2.40. The first-order chi connectivity index (χ1) is 15.7. The topological polar surface area (TPSA) is 58.6 Å². The van der Waals surface area contributed by atoms with Crippen molar-refractivity contribution in [1.29, 1.82) is 0 Å². The summed E-state index contributed by atoms with van der Waals surface area (Å²) in [6.07, 6.45) is 2.91. The van der Waals surface area contributed by atoms with Crippen molar-refractivity contribution < 1.29 is 14.3 Å². The molecule has 33 heavy (non-hydrogen) atoms. The van der Waals surface area contributed by atoms with E-state index in [-0.39, 0.29) is 11.9 Å². The second kappa shape index (κ2) is 11.1. The second-order valence-electron chi connectivity index (χ2n) is 9.71. The molecule has 0 bridgehead atoms. The molecule has 178 valence electrons. The van der Waals surface area contributed by atoms with Crippen LogP contribution in [0.5, 0.6) is 0 Å². The number of benzene rings is 2. The first kappa shape index (κ1) is 25.1. The molecule has 2 aromatic rings. The molecule has 0 unspecified atom stereocenters. The number of nitrogens with zero attached hydrogens (tertiary/aromatic N) is 1. The number of halogens is 1. The zero-order valence-corrected chi connectivity index (χ0v) is 20.9. The minimum absolute atomic E-state index is 0.117. The zero-order chi connectivity index (χ0) is 24.0. The Balaban J connectivity index is 1.60. The summed E-state index contributed by atoms with van der Waals surface area (Å²) >= 11 is 6.24. The highest BCUT2D eigenvalue weighted by atomic mass is 35.5. The van der Waals surface area contributed by atoms with E-state index in [1.165, 1.54) is 0 Å². The molecule has 0 aromatic heterocycles. The maximum Gasteiger partial charge on any atom is 0.338 e. The summed E-state index contributed by atoms with van der Waals surface area (Å²) in [6.45, 7) is 11.4. The van der Waals surface area contributed by atoms with Gasteiger partial charge in [-0.3, -0.25) is 4.79 Å². The Morgan fingerprint density at radius 3 is 2.36 bits per heavy atom. The van der Waals surface area contributed by atoms with E-state index in [0.717, 1.165) is 37.2 Å². The summed E-state index contributed by atoms with van der Waals surface area (Å²) in [5, 5.41) is 3.59. The highest BCUT2D eigenvalue weighted by Gasteiger charge is 2.30. The van der Waals surface area contributed by atoms with Crippen molar-refractivity contribution in [3.05, 3.63) is 64.2 Å². The predicted molar refractivity (Wildman–Crippen MR) is 134 cm³/mol. The Kier molecular flexibility index (Phi) is 8.41. The maximum atomic E-state index is 13.0. The largest absolute Gasteiger partial charge is 0.462 e. The van der Waals surface area contributed by atoms with Crippen LogP contribution in [0.3, 0.4) is 0 Å². The van der Waals surface area contributed by atoms with E-state index in [2.05, 4.69) is 31.0 Å². The summed E-state index contributed by atoms with van der Waals surface area (Å²) in [5.74, 6) is 0.250. The molecular weight excluding hydrogens is 436 g/mol. The number of carbonyl (C=O) groups is 2. The molecule has 0 radical (unpaired) electrons. The fraction of sp³-hybridized carbons (Fsp3) is 0.481. The Morgan fingerprint density at radius 2 is 1.76 bits per heavy atom. The standard InChI is InChI=1S/C27H35ClN2O3/c1-5-33-26(32)20-8-6-19(7-9-20)12-15-29-25(31)23-18-22(28)10-11-24(23)30-16-13-21(14-17-30)27(2,3)4/h6-11,18,21H,5,12-17H2,1-4H3,(H,29,31). The van der Waals surface area contributed by atoms with Crippen LogP contribution in [-0.4, -0.2) is 38.1 Å². The number of nitrogens with one attached hydrogen (secondary N) is 1. The number of piperidine rings is 1. The van der Waals surface area contributed by atoms with Crippen molar-refractivity contribution in [2.75, 3.05) is 31.1 Å². The van der Waals surface area contributed by atoms with Gasteiger partial charge in [0.2, 0.25) is 0 Å². The molecule has 1 aliphatic heterocycles. The van der Waals surface area contributed by atoms with E-state index in [0.29, 0.717) is 47.1 Å².